The van der Waals surface area contributed by atoms with E-state index in [9.17, 15) is 9.90 Å². The fourth-order valence-electron chi connectivity index (χ4n) is 4.39. The van der Waals surface area contributed by atoms with E-state index < -0.39 is 11.5 Å². The Hall–Kier alpha value is -4.35. The lowest BCUT2D eigenvalue weighted by molar-refractivity contribution is 0.0971. The van der Waals surface area contributed by atoms with Gasteiger partial charge in [0.1, 0.15) is 12.2 Å². The number of aliphatic imine (C=N–C) groups is 1. The van der Waals surface area contributed by atoms with E-state index in [0.29, 0.717) is 47.4 Å². The number of guanidine groups is 1. The Bertz CT molecular complexity index is 1410. The van der Waals surface area contributed by atoms with E-state index in [0.717, 1.165) is 6.54 Å². The fourth-order valence-corrected chi connectivity index (χ4v) is 4.39. The second-order valence-electron chi connectivity index (χ2n) is 8.43. The molecule has 5 rings (SSSR count). The van der Waals surface area contributed by atoms with E-state index in [1.54, 1.807) is 24.4 Å². The number of carbonyl (C=O) groups is 1. The molecular formula is C26H28N8O3. The number of nitrogens with one attached hydrogen (secondary N) is 2. The van der Waals surface area contributed by atoms with Gasteiger partial charge in [0.15, 0.2) is 17.1 Å². The van der Waals surface area contributed by atoms with E-state index in [4.69, 9.17) is 9.72 Å². The van der Waals surface area contributed by atoms with Gasteiger partial charge in [0.25, 0.3) is 5.91 Å². The Labute approximate surface area is 213 Å². The Kier molecular flexibility index (Phi) is 6.55. The van der Waals surface area contributed by atoms with Gasteiger partial charge in [-0.3, -0.25) is 20.5 Å². The Morgan fingerprint density at radius 1 is 1.14 bits per heavy atom. The molecule has 3 aromatic heterocycles. The van der Waals surface area contributed by atoms with Crippen LogP contribution in [0, 0.1) is 0 Å². The number of hydrogen-bond donors (Lipinski definition) is 3. The van der Waals surface area contributed by atoms with E-state index in [1.165, 1.54) is 7.11 Å². The molecule has 4 aromatic rings. The van der Waals surface area contributed by atoms with Crippen molar-refractivity contribution in [2.45, 2.75) is 26.0 Å². The van der Waals surface area contributed by atoms with Crippen molar-refractivity contribution in [1.29, 1.82) is 0 Å². The van der Waals surface area contributed by atoms with Crippen LogP contribution in [0.4, 0.5) is 0 Å². The predicted molar refractivity (Wildman–Crippen MR) is 138 cm³/mol. The summed E-state index contributed by atoms with van der Waals surface area (Å²) in [6.45, 7) is 5.56. The van der Waals surface area contributed by atoms with E-state index in [-0.39, 0.29) is 11.4 Å². The standard InChI is InChI=1S/C26H28N8O3/c1-4-33-16-28-25(32-33)31-22(35)18-15-19-21(29-23(18)37-3)30-24(34(19)5-2)26(36,17-11-7-6-8-12-17)20-13-9-10-14-27-20/h6-15,36H,4-5,16H2,1-3H3,(H2,28,31,32,35). The van der Waals surface area contributed by atoms with E-state index in [2.05, 4.69) is 25.7 Å². The Balaban J connectivity index is 1.65. The van der Waals surface area contributed by atoms with Crippen LogP contribution in [-0.4, -0.2) is 61.8 Å². The van der Waals surface area contributed by atoms with Crippen LogP contribution in [-0.2, 0) is 12.1 Å². The zero-order valence-electron chi connectivity index (χ0n) is 20.8. The van der Waals surface area contributed by atoms with E-state index >= 15 is 0 Å². The number of hydrogen-bond acceptors (Lipinski definition) is 9. The summed E-state index contributed by atoms with van der Waals surface area (Å²) in [5.41, 5.74) is 3.52. The maximum Gasteiger partial charge on any atom is 0.263 e. The quantitative estimate of drug-likeness (QED) is 0.352. The number of ether oxygens (including phenoxy) is 1. The summed E-state index contributed by atoms with van der Waals surface area (Å²) in [5, 5.41) is 16.9. The minimum absolute atomic E-state index is 0.115. The van der Waals surface area contributed by atoms with Gasteiger partial charge in [0.2, 0.25) is 11.8 Å². The summed E-state index contributed by atoms with van der Waals surface area (Å²) < 4.78 is 7.29. The van der Waals surface area contributed by atoms with Crippen LogP contribution in [0.25, 0.3) is 11.2 Å². The third-order valence-electron chi connectivity index (χ3n) is 6.29. The highest BCUT2D eigenvalue weighted by Gasteiger charge is 2.40. The molecule has 1 aromatic carbocycles. The molecule has 1 unspecified atom stereocenters. The minimum atomic E-state index is -1.67. The summed E-state index contributed by atoms with van der Waals surface area (Å²) in [7, 11) is 1.45. The predicted octanol–water partition coefficient (Wildman–Crippen LogP) is 2.02. The van der Waals surface area contributed by atoms with Crippen LogP contribution < -0.4 is 15.5 Å². The van der Waals surface area contributed by atoms with Crippen molar-refractivity contribution in [3.05, 3.63) is 83.4 Å². The molecule has 0 saturated heterocycles. The van der Waals surface area contributed by atoms with Gasteiger partial charge in [0.05, 0.1) is 18.3 Å². The number of methoxy groups -OCH3 is 1. The molecule has 0 fully saturated rings. The fraction of sp³-hybridized carbons (Fsp3) is 0.269. The topological polar surface area (TPSA) is 130 Å². The van der Waals surface area contributed by atoms with E-state index in [1.807, 2.05) is 59.8 Å². The number of aromatic nitrogens is 4. The number of aliphatic hydroxyl groups is 1. The average Bonchev–Trinajstić information content (AvgIpc) is 3.56. The zero-order chi connectivity index (χ0) is 26.0. The summed E-state index contributed by atoms with van der Waals surface area (Å²) in [6.07, 6.45) is 1.63. The molecule has 0 saturated carbocycles. The lowest BCUT2D eigenvalue weighted by atomic mass is 9.89. The van der Waals surface area contributed by atoms with Crippen LogP contribution in [0.2, 0.25) is 0 Å². The van der Waals surface area contributed by atoms with Crippen LogP contribution >= 0.6 is 0 Å². The lowest BCUT2D eigenvalue weighted by Crippen LogP contribution is -2.44. The minimum Gasteiger partial charge on any atom is -0.480 e. The Morgan fingerprint density at radius 2 is 1.92 bits per heavy atom. The first-order valence-electron chi connectivity index (χ1n) is 12.0. The first kappa shape index (κ1) is 24.3. The molecule has 11 nitrogen and oxygen atoms in total. The summed E-state index contributed by atoms with van der Waals surface area (Å²) >= 11 is 0. The molecule has 0 spiro atoms. The molecule has 0 radical (unpaired) electrons. The van der Waals surface area contributed by atoms with Gasteiger partial charge in [-0.15, -0.1) is 0 Å². The number of pyridine rings is 2. The van der Waals surface area contributed by atoms with Gasteiger partial charge in [-0.2, -0.15) is 9.99 Å². The van der Waals surface area contributed by atoms with Crippen molar-refractivity contribution in [1.82, 2.24) is 35.3 Å². The first-order chi connectivity index (χ1) is 18.0. The molecule has 1 aliphatic rings. The largest absolute Gasteiger partial charge is 0.480 e. The van der Waals surface area contributed by atoms with Gasteiger partial charge in [0, 0.05) is 19.3 Å². The van der Waals surface area contributed by atoms with Crippen molar-refractivity contribution in [3.63, 3.8) is 0 Å². The second kappa shape index (κ2) is 9.96. The zero-order valence-corrected chi connectivity index (χ0v) is 20.8. The van der Waals surface area contributed by atoms with Crippen LogP contribution in [0.15, 0.2) is 65.8 Å². The lowest BCUT2D eigenvalue weighted by Gasteiger charge is -2.28. The molecule has 4 heterocycles. The normalized spacial score (nSPS) is 15.2. The molecule has 1 aliphatic heterocycles. The number of hydrazine groups is 1. The maximum absolute atomic E-state index is 13.2. The van der Waals surface area contributed by atoms with Crippen molar-refractivity contribution >= 4 is 23.0 Å². The van der Waals surface area contributed by atoms with Crippen LogP contribution in [0.1, 0.15) is 41.3 Å². The number of nitrogens with zero attached hydrogens (tertiary/aromatic N) is 6. The van der Waals surface area contributed by atoms with Crippen molar-refractivity contribution < 1.29 is 14.6 Å². The maximum atomic E-state index is 13.2. The number of fused-ring (bicyclic) bond motifs is 1. The molecular weight excluding hydrogens is 472 g/mol. The van der Waals surface area contributed by atoms with Crippen molar-refractivity contribution in [2.75, 3.05) is 20.3 Å². The number of imidazole rings is 1. The number of aryl methyl sites for hydroxylation is 1. The number of rotatable bonds is 7. The van der Waals surface area contributed by atoms with Crippen LogP contribution in [0.5, 0.6) is 5.88 Å². The van der Waals surface area contributed by atoms with Crippen LogP contribution in [0.3, 0.4) is 0 Å². The molecule has 37 heavy (non-hydrogen) atoms. The smallest absolute Gasteiger partial charge is 0.263 e. The average molecular weight is 501 g/mol. The molecule has 1 atom stereocenters. The first-order valence-corrected chi connectivity index (χ1v) is 12.0. The highest BCUT2D eigenvalue weighted by molar-refractivity contribution is 6.08. The summed E-state index contributed by atoms with van der Waals surface area (Å²) in [6, 6.07) is 16.3. The van der Waals surface area contributed by atoms with Gasteiger partial charge >= 0.3 is 0 Å². The van der Waals surface area contributed by atoms with Crippen molar-refractivity contribution in [3.8, 4) is 5.88 Å². The molecule has 190 valence electrons. The monoisotopic (exact) mass is 500 g/mol. The second-order valence-corrected chi connectivity index (χ2v) is 8.43. The van der Waals surface area contributed by atoms with Crippen molar-refractivity contribution in [2.24, 2.45) is 4.99 Å². The van der Waals surface area contributed by atoms with Gasteiger partial charge in [-0.25, -0.2) is 9.98 Å². The molecule has 0 bridgehead atoms. The third-order valence-corrected chi connectivity index (χ3v) is 6.29. The third kappa shape index (κ3) is 4.28. The SMILES string of the molecule is CCN1CN=C(NC(=O)c2cc3c(nc2OC)nc(C(O)(c2ccccc2)c2ccccn2)n3CC)N1. The molecule has 0 aliphatic carbocycles. The molecule has 3 N–H and O–H groups in total. The highest BCUT2D eigenvalue weighted by Crippen LogP contribution is 2.37. The summed E-state index contributed by atoms with van der Waals surface area (Å²) in [4.78, 5) is 31.2. The molecule has 11 heteroatoms. The number of benzene rings is 1. The number of amides is 1. The van der Waals surface area contributed by atoms with Gasteiger partial charge < -0.3 is 14.4 Å². The Morgan fingerprint density at radius 3 is 2.57 bits per heavy atom. The summed E-state index contributed by atoms with van der Waals surface area (Å²) in [5.74, 6) is 0.378. The van der Waals surface area contributed by atoms with Gasteiger partial charge in [-0.1, -0.05) is 43.3 Å². The van der Waals surface area contributed by atoms with Gasteiger partial charge in [-0.05, 0) is 30.7 Å². The highest BCUT2D eigenvalue weighted by atomic mass is 16.5. The number of carbonyl (C=O) groups excluding carboxylic acids is 1. The molecule has 1 amide bonds.